The van der Waals surface area contributed by atoms with E-state index in [0.29, 0.717) is 6.61 Å². The molecule has 0 amide bonds. The molecule has 1 rings (SSSR count). The Hall–Kier alpha value is -0.680. The zero-order valence-electron chi connectivity index (χ0n) is 8.99. The van der Waals surface area contributed by atoms with Crippen LogP contribution in [0, 0.1) is 0 Å². The van der Waals surface area contributed by atoms with E-state index >= 15 is 0 Å². The molecule has 0 aromatic carbocycles. The molecule has 0 N–H and O–H groups in total. The van der Waals surface area contributed by atoms with E-state index in [4.69, 9.17) is 4.74 Å². The Balaban J connectivity index is 2.48. The van der Waals surface area contributed by atoms with Crippen molar-refractivity contribution in [1.82, 2.24) is 9.36 Å². The fourth-order valence-electron chi connectivity index (χ4n) is 1.08. The SMILES string of the molecule is CCCCN(C)c1nc(COC)ns1. The molecule has 1 aromatic heterocycles. The summed E-state index contributed by atoms with van der Waals surface area (Å²) in [5.41, 5.74) is 0. The second-order valence-electron chi connectivity index (χ2n) is 3.20. The lowest BCUT2D eigenvalue weighted by molar-refractivity contribution is 0.179. The van der Waals surface area contributed by atoms with Crippen LogP contribution in [0.4, 0.5) is 5.13 Å². The van der Waals surface area contributed by atoms with Crippen molar-refractivity contribution in [2.24, 2.45) is 0 Å². The third kappa shape index (κ3) is 3.23. The number of unbranched alkanes of at least 4 members (excludes halogenated alkanes) is 1. The standard InChI is InChI=1S/C9H17N3OS/c1-4-5-6-12(2)9-10-8(7-13-3)11-14-9/h4-7H2,1-3H3. The summed E-state index contributed by atoms with van der Waals surface area (Å²) in [4.78, 5) is 6.50. The second kappa shape index (κ2) is 5.93. The summed E-state index contributed by atoms with van der Waals surface area (Å²) in [7, 11) is 3.70. The zero-order valence-corrected chi connectivity index (χ0v) is 9.80. The molecular weight excluding hydrogens is 198 g/mol. The highest BCUT2D eigenvalue weighted by Gasteiger charge is 2.07. The Labute approximate surface area is 89.1 Å². The van der Waals surface area contributed by atoms with Gasteiger partial charge in [-0.3, -0.25) is 0 Å². The number of hydrogen-bond acceptors (Lipinski definition) is 5. The van der Waals surface area contributed by atoms with Crippen molar-refractivity contribution in [3.63, 3.8) is 0 Å². The molecular formula is C9H17N3OS. The first-order chi connectivity index (χ1) is 6.77. The number of rotatable bonds is 6. The van der Waals surface area contributed by atoms with Crippen LogP contribution in [0.25, 0.3) is 0 Å². The van der Waals surface area contributed by atoms with Gasteiger partial charge in [-0.1, -0.05) is 13.3 Å². The van der Waals surface area contributed by atoms with Crippen LogP contribution < -0.4 is 4.90 Å². The maximum absolute atomic E-state index is 4.97. The summed E-state index contributed by atoms with van der Waals surface area (Å²) >= 11 is 1.43. The summed E-state index contributed by atoms with van der Waals surface area (Å²) in [6, 6.07) is 0. The van der Waals surface area contributed by atoms with Gasteiger partial charge < -0.3 is 9.64 Å². The monoisotopic (exact) mass is 215 g/mol. The molecule has 0 saturated carbocycles. The van der Waals surface area contributed by atoms with E-state index in [-0.39, 0.29) is 0 Å². The molecule has 4 nitrogen and oxygen atoms in total. The Morgan fingerprint density at radius 3 is 2.93 bits per heavy atom. The number of methoxy groups -OCH3 is 1. The van der Waals surface area contributed by atoms with Crippen LogP contribution in [-0.2, 0) is 11.3 Å². The molecule has 80 valence electrons. The molecule has 0 radical (unpaired) electrons. The van der Waals surface area contributed by atoms with Crippen LogP contribution >= 0.6 is 11.5 Å². The van der Waals surface area contributed by atoms with Gasteiger partial charge in [-0.2, -0.15) is 4.37 Å². The third-order valence-corrected chi connectivity index (χ3v) is 2.77. The van der Waals surface area contributed by atoms with Gasteiger partial charge in [-0.15, -0.1) is 0 Å². The lowest BCUT2D eigenvalue weighted by Crippen LogP contribution is -2.17. The molecule has 0 bridgehead atoms. The number of nitrogens with zero attached hydrogens (tertiary/aromatic N) is 3. The molecule has 0 unspecified atom stereocenters. The second-order valence-corrected chi connectivity index (χ2v) is 3.93. The highest BCUT2D eigenvalue weighted by molar-refractivity contribution is 7.09. The predicted octanol–water partition coefficient (Wildman–Crippen LogP) is 1.92. The van der Waals surface area contributed by atoms with E-state index in [0.717, 1.165) is 17.5 Å². The van der Waals surface area contributed by atoms with Crippen LogP contribution in [0.5, 0.6) is 0 Å². The first-order valence-electron chi connectivity index (χ1n) is 4.80. The molecule has 0 aliphatic carbocycles. The minimum absolute atomic E-state index is 0.498. The molecule has 0 aliphatic heterocycles. The Kier molecular flexibility index (Phi) is 4.82. The first-order valence-corrected chi connectivity index (χ1v) is 5.58. The minimum atomic E-state index is 0.498. The summed E-state index contributed by atoms with van der Waals surface area (Å²) < 4.78 is 9.16. The van der Waals surface area contributed by atoms with E-state index in [1.54, 1.807) is 7.11 Å². The van der Waals surface area contributed by atoms with Crippen LogP contribution in [0.15, 0.2) is 0 Å². The van der Waals surface area contributed by atoms with Crippen molar-refractivity contribution < 1.29 is 4.74 Å². The van der Waals surface area contributed by atoms with Gasteiger partial charge in [-0.25, -0.2) is 4.98 Å². The average molecular weight is 215 g/mol. The highest BCUT2D eigenvalue weighted by atomic mass is 32.1. The van der Waals surface area contributed by atoms with Gasteiger partial charge in [-0.05, 0) is 6.42 Å². The first kappa shape index (κ1) is 11.4. The number of aromatic nitrogens is 2. The fraction of sp³-hybridized carbons (Fsp3) is 0.778. The lowest BCUT2D eigenvalue weighted by Gasteiger charge is -2.13. The number of anilines is 1. The normalized spacial score (nSPS) is 10.5. The van der Waals surface area contributed by atoms with Gasteiger partial charge in [0.25, 0.3) is 0 Å². The summed E-state index contributed by atoms with van der Waals surface area (Å²) in [5, 5.41) is 0.977. The van der Waals surface area contributed by atoms with Gasteiger partial charge in [0.2, 0.25) is 5.13 Å². The minimum Gasteiger partial charge on any atom is -0.377 e. The molecule has 5 heteroatoms. The molecule has 0 fully saturated rings. The molecule has 14 heavy (non-hydrogen) atoms. The number of hydrogen-bond donors (Lipinski definition) is 0. The summed E-state index contributed by atoms with van der Waals surface area (Å²) in [5.74, 6) is 0.774. The average Bonchev–Trinajstić information content (AvgIpc) is 2.63. The van der Waals surface area contributed by atoms with E-state index in [1.165, 1.54) is 24.4 Å². The van der Waals surface area contributed by atoms with Gasteiger partial charge in [0.05, 0.1) is 0 Å². The maximum atomic E-state index is 4.97. The summed E-state index contributed by atoms with van der Waals surface area (Å²) in [6.07, 6.45) is 2.39. The van der Waals surface area contributed by atoms with Gasteiger partial charge in [0.1, 0.15) is 6.61 Å². The zero-order chi connectivity index (χ0) is 10.4. The van der Waals surface area contributed by atoms with E-state index in [9.17, 15) is 0 Å². The van der Waals surface area contributed by atoms with Crippen LogP contribution in [0.1, 0.15) is 25.6 Å². The molecule has 0 atom stereocenters. The van der Waals surface area contributed by atoms with E-state index < -0.39 is 0 Å². The largest absolute Gasteiger partial charge is 0.377 e. The Bertz CT molecular complexity index is 264. The molecule has 0 aliphatic rings. The van der Waals surface area contributed by atoms with Crippen molar-refractivity contribution in [2.45, 2.75) is 26.4 Å². The predicted molar refractivity (Wildman–Crippen MR) is 58.8 cm³/mol. The lowest BCUT2D eigenvalue weighted by atomic mass is 10.3. The van der Waals surface area contributed by atoms with Crippen LogP contribution in [-0.4, -0.2) is 30.1 Å². The Morgan fingerprint density at radius 2 is 2.29 bits per heavy atom. The fourth-order valence-corrected chi connectivity index (χ4v) is 1.74. The smallest absolute Gasteiger partial charge is 0.205 e. The summed E-state index contributed by atoms with van der Waals surface area (Å²) in [6.45, 7) is 3.72. The van der Waals surface area contributed by atoms with Gasteiger partial charge in [0.15, 0.2) is 5.82 Å². The van der Waals surface area contributed by atoms with Crippen molar-refractivity contribution in [2.75, 3.05) is 25.6 Å². The number of ether oxygens (including phenoxy) is 1. The molecule has 0 spiro atoms. The van der Waals surface area contributed by atoms with Crippen LogP contribution in [0.3, 0.4) is 0 Å². The van der Waals surface area contributed by atoms with Gasteiger partial charge >= 0.3 is 0 Å². The van der Waals surface area contributed by atoms with Crippen molar-refractivity contribution >= 4 is 16.7 Å². The molecule has 1 heterocycles. The topological polar surface area (TPSA) is 38.2 Å². The quantitative estimate of drug-likeness (QED) is 0.726. The third-order valence-electron chi connectivity index (χ3n) is 1.90. The van der Waals surface area contributed by atoms with Crippen molar-refractivity contribution in [3.8, 4) is 0 Å². The van der Waals surface area contributed by atoms with Crippen LogP contribution in [0.2, 0.25) is 0 Å². The molecule has 0 saturated heterocycles. The van der Waals surface area contributed by atoms with Crippen molar-refractivity contribution in [3.05, 3.63) is 5.82 Å². The van der Waals surface area contributed by atoms with Gasteiger partial charge in [0, 0.05) is 32.2 Å². The Morgan fingerprint density at radius 1 is 1.50 bits per heavy atom. The molecule has 1 aromatic rings. The van der Waals surface area contributed by atoms with Crippen molar-refractivity contribution in [1.29, 1.82) is 0 Å². The maximum Gasteiger partial charge on any atom is 0.205 e. The highest BCUT2D eigenvalue weighted by Crippen LogP contribution is 2.16. The van der Waals surface area contributed by atoms with E-state index in [1.807, 2.05) is 7.05 Å². The van der Waals surface area contributed by atoms with E-state index in [2.05, 4.69) is 21.2 Å².